The monoisotopic (exact) mass is 317 g/mol. The Morgan fingerprint density at radius 3 is 3.00 bits per heavy atom. The molecule has 3 rings (SSSR count). The smallest absolute Gasteiger partial charge is 0.323 e. The number of urea groups is 1. The zero-order chi connectivity index (χ0) is 15.5. The highest BCUT2D eigenvalue weighted by Crippen LogP contribution is 2.25. The molecule has 114 valence electrons. The minimum absolute atomic E-state index is 0.254. The zero-order valence-corrected chi connectivity index (χ0v) is 12.5. The van der Waals surface area contributed by atoms with Crippen molar-refractivity contribution in [1.82, 2.24) is 14.9 Å². The lowest BCUT2D eigenvalue weighted by Gasteiger charge is -2.15. The minimum Gasteiger partial charge on any atom is -0.369 e. The van der Waals surface area contributed by atoms with Gasteiger partial charge in [0.15, 0.2) is 5.13 Å². The van der Waals surface area contributed by atoms with Crippen molar-refractivity contribution in [1.29, 1.82) is 0 Å². The molecule has 1 aliphatic rings. The van der Waals surface area contributed by atoms with Gasteiger partial charge in [0.1, 0.15) is 0 Å². The van der Waals surface area contributed by atoms with E-state index in [1.165, 1.54) is 11.3 Å². The maximum atomic E-state index is 12.1. The first kappa shape index (κ1) is 14.5. The number of hydrogen-bond donors (Lipinski definition) is 2. The van der Waals surface area contributed by atoms with E-state index in [1.54, 1.807) is 17.3 Å². The fourth-order valence-corrected chi connectivity index (χ4v) is 3.03. The van der Waals surface area contributed by atoms with Crippen molar-refractivity contribution in [2.45, 2.75) is 6.42 Å². The number of amides is 3. The van der Waals surface area contributed by atoms with E-state index in [2.05, 4.69) is 15.3 Å². The van der Waals surface area contributed by atoms with Crippen molar-refractivity contribution < 1.29 is 9.59 Å². The number of hydrogen-bond acceptors (Lipinski definition) is 5. The Morgan fingerprint density at radius 2 is 2.32 bits per heavy atom. The van der Waals surface area contributed by atoms with E-state index in [9.17, 15) is 9.59 Å². The predicted octanol–water partition coefficient (Wildman–Crippen LogP) is 1.54. The van der Waals surface area contributed by atoms with Crippen LogP contribution in [0, 0.1) is 5.92 Å². The Balaban J connectivity index is 1.63. The molecule has 0 aromatic carbocycles. The highest BCUT2D eigenvalue weighted by atomic mass is 32.1. The van der Waals surface area contributed by atoms with E-state index in [0.717, 1.165) is 11.3 Å². The average molecular weight is 317 g/mol. The summed E-state index contributed by atoms with van der Waals surface area (Å²) in [6.07, 6.45) is 4.03. The molecule has 3 amide bonds. The van der Waals surface area contributed by atoms with E-state index < -0.39 is 0 Å². The van der Waals surface area contributed by atoms with Gasteiger partial charge < -0.3 is 10.6 Å². The Bertz CT molecular complexity index is 688. The number of rotatable bonds is 3. The van der Waals surface area contributed by atoms with Gasteiger partial charge in [0.25, 0.3) is 0 Å². The van der Waals surface area contributed by atoms with Gasteiger partial charge in [0.05, 0.1) is 11.6 Å². The summed E-state index contributed by atoms with van der Waals surface area (Å²) in [7, 11) is 0. The van der Waals surface area contributed by atoms with Gasteiger partial charge >= 0.3 is 6.03 Å². The van der Waals surface area contributed by atoms with Crippen molar-refractivity contribution in [2.75, 3.05) is 18.4 Å². The molecule has 2 aromatic rings. The standard InChI is InChI=1S/C14H15N5O2S/c15-12(20)10-3-5-19(7-10)14(21)18-13-17-11(8-22-13)9-2-1-4-16-6-9/h1-2,4,6,8,10H,3,5,7H2,(H2,15,20)(H,17,18,21). The van der Waals surface area contributed by atoms with Gasteiger partial charge in [-0.05, 0) is 18.6 Å². The molecule has 1 fully saturated rings. The summed E-state index contributed by atoms with van der Waals surface area (Å²) >= 11 is 1.35. The zero-order valence-electron chi connectivity index (χ0n) is 11.7. The maximum absolute atomic E-state index is 12.1. The summed E-state index contributed by atoms with van der Waals surface area (Å²) in [4.78, 5) is 33.3. The van der Waals surface area contributed by atoms with Crippen molar-refractivity contribution >= 4 is 28.4 Å². The van der Waals surface area contributed by atoms with Crippen LogP contribution in [-0.4, -0.2) is 39.9 Å². The topological polar surface area (TPSA) is 101 Å². The lowest BCUT2D eigenvalue weighted by molar-refractivity contribution is -0.121. The number of aromatic nitrogens is 2. The number of carbonyl (C=O) groups excluding carboxylic acids is 2. The van der Waals surface area contributed by atoms with Crippen LogP contribution < -0.4 is 11.1 Å². The third kappa shape index (κ3) is 3.06. The number of nitrogens with zero attached hydrogens (tertiary/aromatic N) is 3. The molecular formula is C14H15N5O2S. The van der Waals surface area contributed by atoms with Crippen LogP contribution in [0.1, 0.15) is 6.42 Å². The number of thiazole rings is 1. The molecule has 22 heavy (non-hydrogen) atoms. The summed E-state index contributed by atoms with van der Waals surface area (Å²) < 4.78 is 0. The van der Waals surface area contributed by atoms with E-state index in [1.807, 2.05) is 17.5 Å². The van der Waals surface area contributed by atoms with Crippen molar-refractivity contribution in [3.63, 3.8) is 0 Å². The van der Waals surface area contributed by atoms with Gasteiger partial charge in [-0.1, -0.05) is 0 Å². The number of likely N-dealkylation sites (tertiary alicyclic amines) is 1. The van der Waals surface area contributed by atoms with Gasteiger partial charge in [-0.25, -0.2) is 9.78 Å². The summed E-state index contributed by atoms with van der Waals surface area (Å²) in [5, 5.41) is 5.14. The third-order valence-electron chi connectivity index (χ3n) is 3.55. The Hall–Kier alpha value is -2.48. The second-order valence-corrected chi connectivity index (χ2v) is 5.90. The Labute approximate surface area is 131 Å². The van der Waals surface area contributed by atoms with E-state index >= 15 is 0 Å². The van der Waals surface area contributed by atoms with Crippen molar-refractivity contribution in [3.05, 3.63) is 29.9 Å². The maximum Gasteiger partial charge on any atom is 0.323 e. The predicted molar refractivity (Wildman–Crippen MR) is 83.2 cm³/mol. The molecule has 0 radical (unpaired) electrons. The van der Waals surface area contributed by atoms with Crippen LogP contribution in [0.25, 0.3) is 11.3 Å². The molecule has 3 heterocycles. The van der Waals surface area contributed by atoms with Crippen LogP contribution in [0.5, 0.6) is 0 Å². The molecular weight excluding hydrogens is 302 g/mol. The number of primary amides is 1. The molecule has 0 saturated carbocycles. The molecule has 0 spiro atoms. The molecule has 1 unspecified atom stereocenters. The summed E-state index contributed by atoms with van der Waals surface area (Å²) in [5.41, 5.74) is 6.93. The van der Waals surface area contributed by atoms with Gasteiger partial charge in [-0.3, -0.25) is 15.1 Å². The van der Waals surface area contributed by atoms with Crippen LogP contribution in [0.2, 0.25) is 0 Å². The first-order valence-corrected chi connectivity index (χ1v) is 7.72. The molecule has 1 atom stereocenters. The Morgan fingerprint density at radius 1 is 1.45 bits per heavy atom. The van der Waals surface area contributed by atoms with Gasteiger partial charge in [-0.15, -0.1) is 11.3 Å². The van der Waals surface area contributed by atoms with Crippen molar-refractivity contribution in [2.24, 2.45) is 11.7 Å². The fourth-order valence-electron chi connectivity index (χ4n) is 2.33. The molecule has 7 nitrogen and oxygen atoms in total. The van der Waals surface area contributed by atoms with Crippen LogP contribution in [0.4, 0.5) is 9.93 Å². The molecule has 1 saturated heterocycles. The molecule has 0 aliphatic carbocycles. The normalized spacial score (nSPS) is 17.5. The van der Waals surface area contributed by atoms with E-state index in [0.29, 0.717) is 24.6 Å². The van der Waals surface area contributed by atoms with Crippen LogP contribution in [0.15, 0.2) is 29.9 Å². The number of carbonyl (C=O) groups is 2. The molecule has 2 aromatic heterocycles. The molecule has 0 bridgehead atoms. The average Bonchev–Trinajstić information content (AvgIpc) is 3.17. The first-order chi connectivity index (χ1) is 10.6. The summed E-state index contributed by atoms with van der Waals surface area (Å²) in [6, 6.07) is 3.49. The number of pyridine rings is 1. The highest BCUT2D eigenvalue weighted by Gasteiger charge is 2.29. The van der Waals surface area contributed by atoms with E-state index in [4.69, 9.17) is 5.73 Å². The third-order valence-corrected chi connectivity index (χ3v) is 4.31. The van der Waals surface area contributed by atoms with E-state index in [-0.39, 0.29) is 17.9 Å². The second-order valence-electron chi connectivity index (χ2n) is 5.04. The molecule has 8 heteroatoms. The number of nitrogens with one attached hydrogen (secondary N) is 1. The summed E-state index contributed by atoms with van der Waals surface area (Å²) in [6.45, 7) is 0.891. The number of nitrogens with two attached hydrogens (primary N) is 1. The largest absolute Gasteiger partial charge is 0.369 e. The highest BCUT2D eigenvalue weighted by molar-refractivity contribution is 7.14. The van der Waals surface area contributed by atoms with Crippen LogP contribution in [-0.2, 0) is 4.79 Å². The SMILES string of the molecule is NC(=O)C1CCN(C(=O)Nc2nc(-c3cccnc3)cs2)C1. The van der Waals surface area contributed by atoms with Crippen LogP contribution >= 0.6 is 11.3 Å². The number of anilines is 1. The van der Waals surface area contributed by atoms with Gasteiger partial charge in [0.2, 0.25) is 5.91 Å². The quantitative estimate of drug-likeness (QED) is 0.896. The van der Waals surface area contributed by atoms with Crippen molar-refractivity contribution in [3.8, 4) is 11.3 Å². The van der Waals surface area contributed by atoms with Gasteiger partial charge in [-0.2, -0.15) is 0 Å². The van der Waals surface area contributed by atoms with Gasteiger partial charge in [0, 0.05) is 36.4 Å². The minimum atomic E-state index is -0.358. The lowest BCUT2D eigenvalue weighted by atomic mass is 10.1. The second kappa shape index (κ2) is 6.10. The van der Waals surface area contributed by atoms with Crippen LogP contribution in [0.3, 0.4) is 0 Å². The molecule has 3 N–H and O–H groups in total. The molecule has 1 aliphatic heterocycles. The Kier molecular flexibility index (Phi) is 4.01. The first-order valence-electron chi connectivity index (χ1n) is 6.84. The summed E-state index contributed by atoms with van der Waals surface area (Å²) in [5.74, 6) is -0.614. The lowest BCUT2D eigenvalue weighted by Crippen LogP contribution is -2.34. The fraction of sp³-hybridized carbons (Fsp3) is 0.286.